The van der Waals surface area contributed by atoms with E-state index in [1.54, 1.807) is 0 Å². The summed E-state index contributed by atoms with van der Waals surface area (Å²) in [5, 5.41) is 0. The topological polar surface area (TPSA) is 49.6 Å². The molecule has 1 saturated heterocycles. The predicted molar refractivity (Wildman–Crippen MR) is 70.8 cm³/mol. The fraction of sp³-hybridized carbons (Fsp3) is 0.923. The SMILES string of the molecule is CCCN1CCN(C(=O)CCCCCN)CC1. The first-order chi connectivity index (χ1) is 8.27. The quantitative estimate of drug-likeness (QED) is 0.678. The van der Waals surface area contributed by atoms with Crippen LogP contribution in [0, 0.1) is 0 Å². The number of carbonyl (C=O) groups is 1. The molecule has 0 aromatic rings. The Kier molecular flexibility index (Phi) is 7.21. The van der Waals surface area contributed by atoms with Gasteiger partial charge in [-0.05, 0) is 32.4 Å². The van der Waals surface area contributed by atoms with Crippen LogP contribution in [0.4, 0.5) is 0 Å². The van der Waals surface area contributed by atoms with E-state index in [2.05, 4.69) is 11.8 Å². The maximum absolute atomic E-state index is 11.9. The molecule has 4 nitrogen and oxygen atoms in total. The van der Waals surface area contributed by atoms with Crippen LogP contribution in [0.5, 0.6) is 0 Å². The maximum atomic E-state index is 11.9. The van der Waals surface area contributed by atoms with Gasteiger partial charge in [-0.15, -0.1) is 0 Å². The summed E-state index contributed by atoms with van der Waals surface area (Å²) in [4.78, 5) is 16.4. The van der Waals surface area contributed by atoms with Crippen molar-refractivity contribution in [3.05, 3.63) is 0 Å². The first-order valence-electron chi connectivity index (χ1n) is 6.98. The van der Waals surface area contributed by atoms with E-state index in [4.69, 9.17) is 5.73 Å². The first kappa shape index (κ1) is 14.5. The standard InChI is InChI=1S/C13H27N3O/c1-2-8-15-9-11-16(12-10-15)13(17)6-4-3-5-7-14/h2-12,14H2,1H3. The van der Waals surface area contributed by atoms with Crippen molar-refractivity contribution in [3.63, 3.8) is 0 Å². The van der Waals surface area contributed by atoms with Gasteiger partial charge in [-0.1, -0.05) is 13.3 Å². The summed E-state index contributed by atoms with van der Waals surface area (Å²) in [6, 6.07) is 0. The van der Waals surface area contributed by atoms with Crippen LogP contribution >= 0.6 is 0 Å². The summed E-state index contributed by atoms with van der Waals surface area (Å²) in [5.74, 6) is 0.332. The molecule has 0 spiro atoms. The van der Waals surface area contributed by atoms with E-state index in [1.807, 2.05) is 4.90 Å². The molecule has 100 valence electrons. The van der Waals surface area contributed by atoms with Gasteiger partial charge in [-0.3, -0.25) is 9.69 Å². The summed E-state index contributed by atoms with van der Waals surface area (Å²) in [6.45, 7) is 8.02. The predicted octanol–water partition coefficient (Wildman–Crippen LogP) is 1.06. The highest BCUT2D eigenvalue weighted by molar-refractivity contribution is 5.76. The highest BCUT2D eigenvalue weighted by atomic mass is 16.2. The molecule has 1 rings (SSSR count). The summed E-state index contributed by atoms with van der Waals surface area (Å²) < 4.78 is 0. The van der Waals surface area contributed by atoms with Gasteiger partial charge in [0.05, 0.1) is 0 Å². The molecule has 0 bridgehead atoms. The number of nitrogens with two attached hydrogens (primary N) is 1. The summed E-state index contributed by atoms with van der Waals surface area (Å²) in [6.07, 6.45) is 5.02. The van der Waals surface area contributed by atoms with Crippen molar-refractivity contribution in [1.82, 2.24) is 9.80 Å². The van der Waals surface area contributed by atoms with Crippen LogP contribution in [0.1, 0.15) is 39.0 Å². The van der Waals surface area contributed by atoms with Crippen LogP contribution < -0.4 is 5.73 Å². The lowest BCUT2D eigenvalue weighted by atomic mass is 10.1. The van der Waals surface area contributed by atoms with Crippen LogP contribution in [0.2, 0.25) is 0 Å². The van der Waals surface area contributed by atoms with Crippen LogP contribution in [-0.2, 0) is 4.79 Å². The molecule has 0 aromatic carbocycles. The molecule has 0 aromatic heterocycles. The fourth-order valence-electron chi connectivity index (χ4n) is 2.29. The average Bonchev–Trinajstić information content (AvgIpc) is 2.36. The lowest BCUT2D eigenvalue weighted by Crippen LogP contribution is -2.48. The summed E-state index contributed by atoms with van der Waals surface area (Å²) in [5.41, 5.74) is 5.43. The number of amides is 1. The number of carbonyl (C=O) groups excluding carboxylic acids is 1. The third-order valence-electron chi connectivity index (χ3n) is 3.36. The van der Waals surface area contributed by atoms with Gasteiger partial charge in [-0.25, -0.2) is 0 Å². The zero-order chi connectivity index (χ0) is 12.5. The van der Waals surface area contributed by atoms with Gasteiger partial charge in [0.1, 0.15) is 0 Å². The highest BCUT2D eigenvalue weighted by Crippen LogP contribution is 2.07. The third kappa shape index (κ3) is 5.50. The van der Waals surface area contributed by atoms with E-state index in [0.717, 1.165) is 52.0 Å². The molecule has 0 unspecified atom stereocenters. The Morgan fingerprint density at radius 3 is 2.41 bits per heavy atom. The Hall–Kier alpha value is -0.610. The van der Waals surface area contributed by atoms with Crippen LogP contribution in [0.25, 0.3) is 0 Å². The van der Waals surface area contributed by atoms with Gasteiger partial charge in [0.15, 0.2) is 0 Å². The van der Waals surface area contributed by atoms with E-state index in [0.29, 0.717) is 12.3 Å². The van der Waals surface area contributed by atoms with Gasteiger partial charge in [0, 0.05) is 32.6 Å². The zero-order valence-electron chi connectivity index (χ0n) is 11.2. The summed E-state index contributed by atoms with van der Waals surface area (Å²) >= 11 is 0. The number of nitrogens with zero attached hydrogens (tertiary/aromatic N) is 2. The zero-order valence-corrected chi connectivity index (χ0v) is 11.2. The van der Waals surface area contributed by atoms with E-state index in [1.165, 1.54) is 13.0 Å². The number of unbranched alkanes of at least 4 members (excludes halogenated alkanes) is 2. The number of hydrogen-bond acceptors (Lipinski definition) is 3. The molecule has 4 heteroatoms. The Labute approximate surface area is 105 Å². The molecule has 17 heavy (non-hydrogen) atoms. The van der Waals surface area contributed by atoms with Crippen molar-refractivity contribution in [3.8, 4) is 0 Å². The van der Waals surface area contributed by atoms with Crippen molar-refractivity contribution in [1.29, 1.82) is 0 Å². The van der Waals surface area contributed by atoms with Crippen molar-refractivity contribution in [2.24, 2.45) is 5.73 Å². The second-order valence-corrected chi connectivity index (χ2v) is 4.82. The maximum Gasteiger partial charge on any atom is 0.222 e. The third-order valence-corrected chi connectivity index (χ3v) is 3.36. The minimum Gasteiger partial charge on any atom is -0.340 e. The number of piperazine rings is 1. The second-order valence-electron chi connectivity index (χ2n) is 4.82. The molecule has 0 saturated carbocycles. The average molecular weight is 241 g/mol. The molecule has 1 aliphatic rings. The van der Waals surface area contributed by atoms with E-state index in [-0.39, 0.29) is 0 Å². The van der Waals surface area contributed by atoms with Gasteiger partial charge < -0.3 is 10.6 Å². The van der Waals surface area contributed by atoms with E-state index < -0.39 is 0 Å². The first-order valence-corrected chi connectivity index (χ1v) is 6.98. The Morgan fingerprint density at radius 2 is 1.82 bits per heavy atom. The lowest BCUT2D eigenvalue weighted by Gasteiger charge is -2.34. The molecule has 1 amide bonds. The van der Waals surface area contributed by atoms with E-state index in [9.17, 15) is 4.79 Å². The number of hydrogen-bond donors (Lipinski definition) is 1. The van der Waals surface area contributed by atoms with Crippen LogP contribution in [-0.4, -0.2) is 55.0 Å². The fourth-order valence-corrected chi connectivity index (χ4v) is 2.29. The van der Waals surface area contributed by atoms with Crippen molar-refractivity contribution in [2.45, 2.75) is 39.0 Å². The highest BCUT2D eigenvalue weighted by Gasteiger charge is 2.19. The summed E-state index contributed by atoms with van der Waals surface area (Å²) in [7, 11) is 0. The molecule has 1 fully saturated rings. The Bertz CT molecular complexity index is 213. The largest absolute Gasteiger partial charge is 0.340 e. The van der Waals surface area contributed by atoms with Gasteiger partial charge in [-0.2, -0.15) is 0 Å². The Balaban J connectivity index is 2.12. The Morgan fingerprint density at radius 1 is 1.12 bits per heavy atom. The molecule has 2 N–H and O–H groups in total. The second kappa shape index (κ2) is 8.48. The normalized spacial score (nSPS) is 17.4. The minimum atomic E-state index is 0.332. The lowest BCUT2D eigenvalue weighted by molar-refractivity contribution is -0.133. The van der Waals surface area contributed by atoms with Gasteiger partial charge >= 0.3 is 0 Å². The molecule has 0 atom stereocenters. The van der Waals surface area contributed by atoms with Crippen LogP contribution in [0.3, 0.4) is 0 Å². The van der Waals surface area contributed by atoms with Crippen molar-refractivity contribution >= 4 is 5.91 Å². The van der Waals surface area contributed by atoms with Gasteiger partial charge in [0.25, 0.3) is 0 Å². The molecule has 0 aliphatic carbocycles. The van der Waals surface area contributed by atoms with E-state index >= 15 is 0 Å². The molecular weight excluding hydrogens is 214 g/mol. The number of rotatable bonds is 7. The molecular formula is C13H27N3O. The molecule has 1 heterocycles. The van der Waals surface area contributed by atoms with Crippen LogP contribution in [0.15, 0.2) is 0 Å². The molecule has 0 radical (unpaired) electrons. The van der Waals surface area contributed by atoms with Gasteiger partial charge in [0.2, 0.25) is 5.91 Å². The molecule has 1 aliphatic heterocycles. The smallest absolute Gasteiger partial charge is 0.222 e. The van der Waals surface area contributed by atoms with Crippen molar-refractivity contribution in [2.75, 3.05) is 39.3 Å². The minimum absolute atomic E-state index is 0.332. The van der Waals surface area contributed by atoms with Crippen molar-refractivity contribution < 1.29 is 4.79 Å². The monoisotopic (exact) mass is 241 g/mol.